The van der Waals surface area contributed by atoms with E-state index < -0.39 is 0 Å². The standard InChI is InChI=1S/C10H16N2O3/c1-6(2)3-9(13)12-4-7-8(5-12)15-10(14)11-7/h6-8H,3-5H2,1-2H3,(H,11,14). The fraction of sp³-hybridized carbons (Fsp3) is 0.800. The van der Waals surface area contributed by atoms with Crippen LogP contribution in [0.4, 0.5) is 4.79 Å². The molecule has 0 bridgehead atoms. The zero-order valence-corrected chi connectivity index (χ0v) is 9.03. The zero-order chi connectivity index (χ0) is 11.0. The molecule has 2 aliphatic heterocycles. The van der Waals surface area contributed by atoms with Crippen LogP contribution < -0.4 is 5.32 Å². The topological polar surface area (TPSA) is 58.6 Å². The molecule has 2 rings (SSSR count). The lowest BCUT2D eigenvalue weighted by atomic mass is 10.1. The summed E-state index contributed by atoms with van der Waals surface area (Å²) in [5.74, 6) is 0.519. The Morgan fingerprint density at radius 1 is 1.60 bits per heavy atom. The summed E-state index contributed by atoms with van der Waals surface area (Å²) in [6.45, 7) is 5.16. The van der Waals surface area contributed by atoms with Crippen molar-refractivity contribution in [2.24, 2.45) is 5.92 Å². The number of rotatable bonds is 2. The molecule has 0 radical (unpaired) electrons. The van der Waals surface area contributed by atoms with Crippen molar-refractivity contribution in [1.29, 1.82) is 0 Å². The van der Waals surface area contributed by atoms with E-state index >= 15 is 0 Å². The van der Waals surface area contributed by atoms with Gasteiger partial charge in [0, 0.05) is 13.0 Å². The molecule has 2 aliphatic rings. The van der Waals surface area contributed by atoms with Crippen LogP contribution in [0.1, 0.15) is 20.3 Å². The quantitative estimate of drug-likeness (QED) is 0.718. The van der Waals surface area contributed by atoms with E-state index in [4.69, 9.17) is 4.74 Å². The Labute approximate surface area is 88.8 Å². The van der Waals surface area contributed by atoms with Gasteiger partial charge in [-0.1, -0.05) is 13.8 Å². The molecule has 0 aromatic rings. The van der Waals surface area contributed by atoms with Gasteiger partial charge >= 0.3 is 6.09 Å². The van der Waals surface area contributed by atoms with Crippen LogP contribution in [-0.4, -0.2) is 42.1 Å². The Kier molecular flexibility index (Phi) is 2.54. The molecular weight excluding hydrogens is 196 g/mol. The second kappa shape index (κ2) is 3.72. The lowest BCUT2D eigenvalue weighted by Gasteiger charge is -2.17. The molecule has 5 nitrogen and oxygen atoms in total. The molecule has 0 aliphatic carbocycles. The summed E-state index contributed by atoms with van der Waals surface area (Å²) >= 11 is 0. The van der Waals surface area contributed by atoms with Gasteiger partial charge in [-0.25, -0.2) is 4.79 Å². The second-order valence-corrected chi connectivity index (χ2v) is 4.59. The number of hydrogen-bond acceptors (Lipinski definition) is 3. The molecule has 0 aromatic carbocycles. The van der Waals surface area contributed by atoms with Gasteiger partial charge in [-0.15, -0.1) is 0 Å². The molecule has 2 amide bonds. The van der Waals surface area contributed by atoms with Crippen LogP contribution in [0.25, 0.3) is 0 Å². The highest BCUT2D eigenvalue weighted by Gasteiger charge is 2.43. The van der Waals surface area contributed by atoms with Crippen LogP contribution in [-0.2, 0) is 9.53 Å². The Hall–Kier alpha value is -1.26. The number of nitrogens with one attached hydrogen (secondary N) is 1. The number of nitrogens with zero attached hydrogens (tertiary/aromatic N) is 1. The van der Waals surface area contributed by atoms with Crippen LogP contribution in [0.15, 0.2) is 0 Å². The van der Waals surface area contributed by atoms with Gasteiger partial charge in [-0.05, 0) is 5.92 Å². The van der Waals surface area contributed by atoms with Crippen molar-refractivity contribution >= 4 is 12.0 Å². The van der Waals surface area contributed by atoms with Gasteiger partial charge in [-0.3, -0.25) is 4.79 Å². The Balaban J connectivity index is 1.89. The summed E-state index contributed by atoms with van der Waals surface area (Å²) in [5.41, 5.74) is 0. The normalized spacial score (nSPS) is 29.0. The first-order valence-electron chi connectivity index (χ1n) is 5.31. The third kappa shape index (κ3) is 2.06. The Bertz CT molecular complexity index is 274. The fourth-order valence-electron chi connectivity index (χ4n) is 2.04. The van der Waals surface area contributed by atoms with E-state index in [9.17, 15) is 9.59 Å². The van der Waals surface area contributed by atoms with Crippen LogP contribution in [0.3, 0.4) is 0 Å². The van der Waals surface area contributed by atoms with Crippen molar-refractivity contribution in [3.8, 4) is 0 Å². The number of hydrogen-bond donors (Lipinski definition) is 1. The zero-order valence-electron chi connectivity index (χ0n) is 9.03. The van der Waals surface area contributed by atoms with Gasteiger partial charge < -0.3 is 15.0 Å². The number of carbonyl (C=O) groups is 2. The second-order valence-electron chi connectivity index (χ2n) is 4.59. The first-order chi connectivity index (χ1) is 7.06. The van der Waals surface area contributed by atoms with Gasteiger partial charge in [-0.2, -0.15) is 0 Å². The van der Waals surface area contributed by atoms with Crippen LogP contribution in [0.5, 0.6) is 0 Å². The van der Waals surface area contributed by atoms with Crippen LogP contribution in [0.2, 0.25) is 0 Å². The number of ether oxygens (including phenoxy) is 1. The molecule has 2 atom stereocenters. The molecule has 2 heterocycles. The van der Waals surface area contributed by atoms with Gasteiger partial charge in [0.1, 0.15) is 6.10 Å². The van der Waals surface area contributed by atoms with E-state index in [1.54, 1.807) is 4.90 Å². The highest BCUT2D eigenvalue weighted by Crippen LogP contribution is 2.20. The number of carbonyl (C=O) groups excluding carboxylic acids is 2. The molecule has 15 heavy (non-hydrogen) atoms. The van der Waals surface area contributed by atoms with Gasteiger partial charge in [0.2, 0.25) is 5.91 Å². The van der Waals surface area contributed by atoms with E-state index in [0.29, 0.717) is 25.4 Å². The maximum atomic E-state index is 11.7. The maximum Gasteiger partial charge on any atom is 0.407 e. The largest absolute Gasteiger partial charge is 0.442 e. The first kappa shape index (κ1) is 10.3. The van der Waals surface area contributed by atoms with Crippen molar-refractivity contribution in [2.75, 3.05) is 13.1 Å². The predicted molar refractivity (Wildman–Crippen MR) is 53.2 cm³/mol. The van der Waals surface area contributed by atoms with Crippen molar-refractivity contribution < 1.29 is 14.3 Å². The van der Waals surface area contributed by atoms with Crippen molar-refractivity contribution in [1.82, 2.24) is 10.2 Å². The van der Waals surface area contributed by atoms with Gasteiger partial charge in [0.15, 0.2) is 0 Å². The molecule has 0 aromatic heterocycles. The number of alkyl carbamates (subject to hydrolysis) is 1. The summed E-state index contributed by atoms with van der Waals surface area (Å²) in [7, 11) is 0. The highest BCUT2D eigenvalue weighted by molar-refractivity contribution is 5.78. The summed E-state index contributed by atoms with van der Waals surface area (Å²) in [5, 5.41) is 2.70. The van der Waals surface area contributed by atoms with Crippen molar-refractivity contribution in [3.63, 3.8) is 0 Å². The number of amides is 2. The molecule has 2 unspecified atom stereocenters. The number of fused-ring (bicyclic) bond motifs is 1. The van der Waals surface area contributed by atoms with Gasteiger partial charge in [0.05, 0.1) is 12.6 Å². The minimum atomic E-state index is -0.360. The van der Waals surface area contributed by atoms with E-state index in [-0.39, 0.29) is 24.1 Å². The van der Waals surface area contributed by atoms with E-state index in [1.807, 2.05) is 13.8 Å². The fourth-order valence-corrected chi connectivity index (χ4v) is 2.04. The summed E-state index contributed by atoms with van der Waals surface area (Å²) in [6, 6.07) is -0.00591. The van der Waals surface area contributed by atoms with E-state index in [2.05, 4.69) is 5.32 Å². The molecule has 5 heteroatoms. The van der Waals surface area contributed by atoms with Crippen LogP contribution >= 0.6 is 0 Å². The molecule has 2 fully saturated rings. The molecule has 2 saturated heterocycles. The smallest absolute Gasteiger partial charge is 0.407 e. The van der Waals surface area contributed by atoms with Crippen molar-refractivity contribution in [2.45, 2.75) is 32.4 Å². The summed E-state index contributed by atoms with van der Waals surface area (Å²) < 4.78 is 5.03. The Morgan fingerprint density at radius 3 is 2.93 bits per heavy atom. The number of likely N-dealkylation sites (tertiary alicyclic amines) is 1. The lowest BCUT2D eigenvalue weighted by molar-refractivity contribution is -0.131. The molecule has 1 N–H and O–H groups in total. The third-order valence-corrected chi connectivity index (χ3v) is 2.76. The monoisotopic (exact) mass is 212 g/mol. The molecule has 84 valence electrons. The Morgan fingerprint density at radius 2 is 2.33 bits per heavy atom. The minimum Gasteiger partial charge on any atom is -0.442 e. The van der Waals surface area contributed by atoms with Gasteiger partial charge in [0.25, 0.3) is 0 Å². The van der Waals surface area contributed by atoms with E-state index in [0.717, 1.165) is 0 Å². The average Bonchev–Trinajstić information content (AvgIpc) is 2.58. The SMILES string of the molecule is CC(C)CC(=O)N1CC2NC(=O)OC2C1. The molecular formula is C10H16N2O3. The average molecular weight is 212 g/mol. The van der Waals surface area contributed by atoms with E-state index in [1.165, 1.54) is 0 Å². The summed E-state index contributed by atoms with van der Waals surface area (Å²) in [4.78, 5) is 24.4. The first-order valence-corrected chi connectivity index (χ1v) is 5.31. The summed E-state index contributed by atoms with van der Waals surface area (Å²) in [6.07, 6.45) is 0.0579. The molecule has 0 spiro atoms. The van der Waals surface area contributed by atoms with Crippen molar-refractivity contribution in [3.05, 3.63) is 0 Å². The third-order valence-electron chi connectivity index (χ3n) is 2.76. The maximum absolute atomic E-state index is 11.7. The molecule has 0 saturated carbocycles. The predicted octanol–water partition coefficient (Wildman–Crippen LogP) is 0.352. The highest BCUT2D eigenvalue weighted by atomic mass is 16.6. The lowest BCUT2D eigenvalue weighted by Crippen LogP contribution is -2.35. The minimum absolute atomic E-state index is 0.00591. The van der Waals surface area contributed by atoms with Crippen LogP contribution in [0, 0.1) is 5.92 Å².